The fourth-order valence-corrected chi connectivity index (χ4v) is 0.946. The average molecular weight is 220 g/mol. The van der Waals surface area contributed by atoms with Crippen molar-refractivity contribution in [3.8, 4) is 0 Å². The Balaban J connectivity index is 2.70. The third-order valence-corrected chi connectivity index (χ3v) is 1.52. The van der Waals surface area contributed by atoms with Crippen molar-refractivity contribution in [2.75, 3.05) is 0 Å². The van der Waals surface area contributed by atoms with Gasteiger partial charge < -0.3 is 5.11 Å². The number of carboxylic acids is 1. The van der Waals surface area contributed by atoms with Crippen LogP contribution in [-0.2, 0) is 6.54 Å². The zero-order valence-corrected chi connectivity index (χ0v) is 7.40. The summed E-state index contributed by atoms with van der Waals surface area (Å²) in [5, 5.41) is 12.2. The van der Waals surface area contributed by atoms with Gasteiger partial charge in [-0.2, -0.15) is 18.3 Å². The third-order valence-electron chi connectivity index (χ3n) is 1.52. The molecule has 0 amide bonds. The molecule has 0 unspecified atom stereocenters. The first-order valence-corrected chi connectivity index (χ1v) is 3.89. The number of hydrogen-bond donors (Lipinski definition) is 1. The lowest BCUT2D eigenvalue weighted by atomic mass is 10.4. The molecular formula is C8H7F3N2O2. The third kappa shape index (κ3) is 3.45. The molecule has 0 atom stereocenters. The second kappa shape index (κ2) is 4.16. The molecule has 0 aliphatic rings. The van der Waals surface area contributed by atoms with Crippen LogP contribution in [0.1, 0.15) is 10.5 Å². The van der Waals surface area contributed by atoms with Crippen LogP contribution in [0.3, 0.4) is 0 Å². The first kappa shape index (κ1) is 11.3. The maximum Gasteiger partial charge on any atom is 0.409 e. The van der Waals surface area contributed by atoms with Crippen molar-refractivity contribution in [2.24, 2.45) is 0 Å². The van der Waals surface area contributed by atoms with Crippen molar-refractivity contribution in [1.82, 2.24) is 9.78 Å². The lowest BCUT2D eigenvalue weighted by Crippen LogP contribution is -2.09. The molecule has 0 radical (unpaired) electrons. The summed E-state index contributed by atoms with van der Waals surface area (Å²) in [5.41, 5.74) is -0.151. The van der Waals surface area contributed by atoms with Crippen LogP contribution in [0.4, 0.5) is 13.2 Å². The molecule has 0 aromatic carbocycles. The lowest BCUT2D eigenvalue weighted by molar-refractivity contribution is -0.0800. The standard InChI is InChI=1S/C8H7F3N2O2/c9-8(10,11)3-1-5-13-6(7(14)15)2-4-12-13/h1-4H,5H2,(H,14,15)/b3-1+. The minimum absolute atomic E-state index is 0.0420. The molecule has 1 N–H and O–H groups in total. The van der Waals surface area contributed by atoms with E-state index in [1.807, 2.05) is 0 Å². The van der Waals surface area contributed by atoms with E-state index in [2.05, 4.69) is 5.10 Å². The van der Waals surface area contributed by atoms with Crippen molar-refractivity contribution in [1.29, 1.82) is 0 Å². The normalized spacial score (nSPS) is 12.2. The summed E-state index contributed by atoms with van der Waals surface area (Å²) >= 11 is 0. The van der Waals surface area contributed by atoms with E-state index in [1.165, 1.54) is 12.3 Å². The van der Waals surface area contributed by atoms with Gasteiger partial charge in [0.25, 0.3) is 0 Å². The van der Waals surface area contributed by atoms with Crippen LogP contribution in [0, 0.1) is 0 Å². The van der Waals surface area contributed by atoms with Crippen LogP contribution >= 0.6 is 0 Å². The first-order chi connectivity index (χ1) is 6.90. The van der Waals surface area contributed by atoms with Gasteiger partial charge in [0.05, 0.1) is 6.54 Å². The second-order valence-corrected chi connectivity index (χ2v) is 2.65. The molecule has 0 aliphatic carbocycles. The number of alkyl halides is 3. The molecule has 0 fully saturated rings. The Morgan fingerprint density at radius 1 is 1.60 bits per heavy atom. The van der Waals surface area contributed by atoms with E-state index in [-0.39, 0.29) is 18.3 Å². The van der Waals surface area contributed by atoms with Gasteiger partial charge in [0.15, 0.2) is 0 Å². The van der Waals surface area contributed by atoms with Crippen LogP contribution in [0.25, 0.3) is 0 Å². The average Bonchev–Trinajstić information content (AvgIpc) is 2.49. The first-order valence-electron chi connectivity index (χ1n) is 3.89. The molecule has 0 aliphatic heterocycles. The smallest absolute Gasteiger partial charge is 0.409 e. The highest BCUT2D eigenvalue weighted by Crippen LogP contribution is 2.15. The Labute approximate surface area is 82.6 Å². The zero-order valence-electron chi connectivity index (χ0n) is 7.40. The largest absolute Gasteiger partial charge is 0.477 e. The van der Waals surface area contributed by atoms with Crippen molar-refractivity contribution >= 4 is 5.97 Å². The van der Waals surface area contributed by atoms with Crippen LogP contribution in [0.15, 0.2) is 24.4 Å². The van der Waals surface area contributed by atoms with E-state index in [4.69, 9.17) is 5.11 Å². The van der Waals surface area contributed by atoms with Gasteiger partial charge in [0, 0.05) is 12.3 Å². The van der Waals surface area contributed by atoms with E-state index < -0.39 is 12.1 Å². The van der Waals surface area contributed by atoms with Crippen molar-refractivity contribution in [3.05, 3.63) is 30.1 Å². The lowest BCUT2D eigenvalue weighted by Gasteiger charge is -2.00. The Hall–Kier alpha value is -1.79. The van der Waals surface area contributed by atoms with E-state index in [0.717, 1.165) is 10.8 Å². The number of carboxylic acid groups (broad SMARTS) is 1. The summed E-state index contributed by atoms with van der Waals surface area (Å²) in [5.74, 6) is -1.23. The van der Waals surface area contributed by atoms with Gasteiger partial charge in [0.2, 0.25) is 0 Å². The topological polar surface area (TPSA) is 55.1 Å². The highest BCUT2D eigenvalue weighted by Gasteiger charge is 2.21. The summed E-state index contributed by atoms with van der Waals surface area (Å²) in [6.07, 6.45) is -2.33. The van der Waals surface area contributed by atoms with E-state index >= 15 is 0 Å². The van der Waals surface area contributed by atoms with Gasteiger partial charge in [0.1, 0.15) is 5.69 Å². The maximum absolute atomic E-state index is 11.7. The van der Waals surface area contributed by atoms with Gasteiger partial charge in [-0.15, -0.1) is 0 Å². The van der Waals surface area contributed by atoms with Crippen LogP contribution < -0.4 is 0 Å². The number of aromatic nitrogens is 2. The molecule has 0 spiro atoms. The number of halogens is 3. The minimum atomic E-state index is -4.39. The number of allylic oxidation sites excluding steroid dienone is 2. The van der Waals surface area contributed by atoms with Gasteiger partial charge in [-0.3, -0.25) is 4.68 Å². The number of hydrogen-bond acceptors (Lipinski definition) is 2. The Morgan fingerprint density at radius 2 is 2.27 bits per heavy atom. The molecule has 1 aromatic heterocycles. The van der Waals surface area contributed by atoms with Crippen molar-refractivity contribution in [3.63, 3.8) is 0 Å². The Bertz CT molecular complexity index is 381. The molecular weight excluding hydrogens is 213 g/mol. The quantitative estimate of drug-likeness (QED) is 0.788. The highest BCUT2D eigenvalue weighted by atomic mass is 19.4. The van der Waals surface area contributed by atoms with E-state index in [0.29, 0.717) is 0 Å². The van der Waals surface area contributed by atoms with Crippen LogP contribution in [-0.4, -0.2) is 27.0 Å². The monoisotopic (exact) mass is 220 g/mol. The molecule has 0 saturated heterocycles. The molecule has 15 heavy (non-hydrogen) atoms. The summed E-state index contributed by atoms with van der Waals surface area (Å²) < 4.78 is 36.1. The zero-order chi connectivity index (χ0) is 11.5. The van der Waals surface area contributed by atoms with E-state index in [1.54, 1.807) is 0 Å². The number of rotatable bonds is 3. The number of nitrogens with zero attached hydrogens (tertiary/aromatic N) is 2. The highest BCUT2D eigenvalue weighted by molar-refractivity contribution is 5.85. The predicted molar refractivity (Wildman–Crippen MR) is 44.4 cm³/mol. The summed E-state index contributed by atoms with van der Waals surface area (Å²) in [6, 6.07) is 1.21. The van der Waals surface area contributed by atoms with Crippen LogP contribution in [0.2, 0.25) is 0 Å². The summed E-state index contributed by atoms with van der Waals surface area (Å²) in [6.45, 7) is -0.228. The van der Waals surface area contributed by atoms with Gasteiger partial charge in [-0.1, -0.05) is 6.08 Å². The second-order valence-electron chi connectivity index (χ2n) is 2.65. The fourth-order valence-electron chi connectivity index (χ4n) is 0.946. The molecule has 4 nitrogen and oxygen atoms in total. The summed E-state index contributed by atoms with van der Waals surface area (Å²) in [4.78, 5) is 10.5. The fraction of sp³-hybridized carbons (Fsp3) is 0.250. The Morgan fingerprint density at radius 3 is 2.80 bits per heavy atom. The molecule has 1 heterocycles. The number of carbonyl (C=O) groups is 1. The maximum atomic E-state index is 11.7. The molecule has 1 rings (SSSR count). The van der Waals surface area contributed by atoms with Crippen molar-refractivity contribution < 1.29 is 23.1 Å². The minimum Gasteiger partial charge on any atom is -0.477 e. The Kier molecular flexibility index (Phi) is 3.13. The molecule has 7 heteroatoms. The van der Waals surface area contributed by atoms with Crippen LogP contribution in [0.5, 0.6) is 0 Å². The van der Waals surface area contributed by atoms with Crippen molar-refractivity contribution in [2.45, 2.75) is 12.7 Å². The SMILES string of the molecule is O=C(O)c1ccnn1C/C=C/C(F)(F)F. The van der Waals surface area contributed by atoms with E-state index in [9.17, 15) is 18.0 Å². The molecule has 82 valence electrons. The molecule has 1 aromatic rings. The predicted octanol–water partition coefficient (Wildman–Crippen LogP) is 1.70. The van der Waals surface area contributed by atoms with Gasteiger partial charge in [-0.05, 0) is 6.07 Å². The molecule has 0 saturated carbocycles. The number of aromatic carboxylic acids is 1. The van der Waals surface area contributed by atoms with Gasteiger partial charge in [-0.25, -0.2) is 4.79 Å². The molecule has 0 bridgehead atoms. The van der Waals surface area contributed by atoms with Gasteiger partial charge >= 0.3 is 12.1 Å². The summed E-state index contributed by atoms with van der Waals surface area (Å²) in [7, 11) is 0.